The minimum absolute atomic E-state index is 0.241. The minimum Gasteiger partial charge on any atom is -0.493 e. The molecule has 3 N–H and O–H groups in total. The summed E-state index contributed by atoms with van der Waals surface area (Å²) in [6.07, 6.45) is 0. The molecule has 0 aliphatic carbocycles. The summed E-state index contributed by atoms with van der Waals surface area (Å²) in [5.41, 5.74) is 7.66. The van der Waals surface area contributed by atoms with E-state index in [0.29, 0.717) is 29.3 Å². The van der Waals surface area contributed by atoms with Crippen molar-refractivity contribution in [2.45, 2.75) is 6.54 Å². The molecule has 0 saturated carbocycles. The molecular weight excluding hydrogens is 276 g/mol. The van der Waals surface area contributed by atoms with Gasteiger partial charge in [0.25, 0.3) is 5.91 Å². The molecule has 106 valence electrons. The van der Waals surface area contributed by atoms with Crippen molar-refractivity contribution in [3.8, 4) is 11.5 Å². The molecule has 0 aliphatic heterocycles. The number of nitrogen functional groups attached to an aromatic ring is 1. The van der Waals surface area contributed by atoms with Crippen LogP contribution in [0.1, 0.15) is 15.9 Å². The number of rotatable bonds is 5. The second-order valence-electron chi connectivity index (χ2n) is 4.11. The second kappa shape index (κ2) is 6.29. The lowest BCUT2D eigenvalue weighted by atomic mass is 10.1. The number of amides is 1. The lowest BCUT2D eigenvalue weighted by molar-refractivity contribution is 0.0951. The zero-order valence-electron chi connectivity index (χ0n) is 11.3. The zero-order valence-corrected chi connectivity index (χ0v) is 12.1. The highest BCUT2D eigenvalue weighted by Crippen LogP contribution is 2.31. The van der Waals surface area contributed by atoms with Crippen LogP contribution in [0.15, 0.2) is 29.0 Å². The monoisotopic (exact) mass is 292 g/mol. The van der Waals surface area contributed by atoms with Crippen LogP contribution in [0.2, 0.25) is 0 Å². The molecule has 2 aromatic rings. The van der Waals surface area contributed by atoms with E-state index in [1.807, 2.05) is 16.8 Å². The Kier molecular flexibility index (Phi) is 4.47. The second-order valence-corrected chi connectivity index (χ2v) is 4.89. The number of methoxy groups -OCH3 is 2. The molecule has 2 rings (SSSR count). The van der Waals surface area contributed by atoms with E-state index in [9.17, 15) is 4.79 Å². The van der Waals surface area contributed by atoms with Crippen LogP contribution in [0.5, 0.6) is 11.5 Å². The average molecular weight is 292 g/mol. The summed E-state index contributed by atoms with van der Waals surface area (Å²) in [6, 6.07) is 5.12. The first-order chi connectivity index (χ1) is 9.65. The lowest BCUT2D eigenvalue weighted by Crippen LogP contribution is -2.23. The van der Waals surface area contributed by atoms with Gasteiger partial charge in [-0.3, -0.25) is 4.79 Å². The van der Waals surface area contributed by atoms with E-state index in [-0.39, 0.29) is 5.91 Å². The smallest absolute Gasteiger partial charge is 0.253 e. The van der Waals surface area contributed by atoms with Gasteiger partial charge in [0.1, 0.15) is 0 Å². The van der Waals surface area contributed by atoms with Crippen molar-refractivity contribution < 1.29 is 14.3 Å². The number of nitrogens with one attached hydrogen (secondary N) is 1. The summed E-state index contributed by atoms with van der Waals surface area (Å²) < 4.78 is 10.3. The van der Waals surface area contributed by atoms with Crippen molar-refractivity contribution in [1.82, 2.24) is 5.32 Å². The number of anilines is 1. The molecular formula is C14H16N2O3S. The van der Waals surface area contributed by atoms with E-state index < -0.39 is 0 Å². The van der Waals surface area contributed by atoms with Gasteiger partial charge in [0.05, 0.1) is 19.8 Å². The Bertz CT molecular complexity index is 597. The maximum Gasteiger partial charge on any atom is 0.253 e. The van der Waals surface area contributed by atoms with Crippen LogP contribution in [0.25, 0.3) is 0 Å². The Morgan fingerprint density at radius 1 is 1.30 bits per heavy atom. The minimum atomic E-state index is -0.241. The number of nitrogens with two attached hydrogens (primary N) is 1. The predicted octanol–water partition coefficient (Wildman–Crippen LogP) is 2.28. The van der Waals surface area contributed by atoms with Crippen LogP contribution in [0, 0.1) is 0 Å². The van der Waals surface area contributed by atoms with E-state index in [0.717, 1.165) is 5.56 Å². The third kappa shape index (κ3) is 3.03. The highest BCUT2D eigenvalue weighted by molar-refractivity contribution is 7.07. The van der Waals surface area contributed by atoms with Crippen molar-refractivity contribution >= 4 is 22.9 Å². The SMILES string of the molecule is COc1cc(N)c(C(=O)NCc2ccsc2)cc1OC. The van der Waals surface area contributed by atoms with E-state index in [1.54, 1.807) is 23.5 Å². The first kappa shape index (κ1) is 14.2. The van der Waals surface area contributed by atoms with Crippen molar-refractivity contribution in [2.75, 3.05) is 20.0 Å². The third-order valence-corrected chi connectivity index (χ3v) is 3.57. The molecule has 0 aliphatic rings. The highest BCUT2D eigenvalue weighted by Gasteiger charge is 2.15. The normalized spacial score (nSPS) is 10.1. The zero-order chi connectivity index (χ0) is 14.5. The summed E-state index contributed by atoms with van der Waals surface area (Å²) in [4.78, 5) is 12.1. The number of benzene rings is 1. The lowest BCUT2D eigenvalue weighted by Gasteiger charge is -2.12. The quantitative estimate of drug-likeness (QED) is 0.829. The third-order valence-electron chi connectivity index (χ3n) is 2.83. The maximum absolute atomic E-state index is 12.1. The summed E-state index contributed by atoms with van der Waals surface area (Å²) in [5.74, 6) is 0.733. The first-order valence-electron chi connectivity index (χ1n) is 5.96. The molecule has 6 heteroatoms. The molecule has 0 atom stereocenters. The number of carbonyl (C=O) groups is 1. The topological polar surface area (TPSA) is 73.6 Å². The van der Waals surface area contributed by atoms with Gasteiger partial charge < -0.3 is 20.5 Å². The standard InChI is InChI=1S/C14H16N2O3S/c1-18-12-5-10(11(15)6-13(12)19-2)14(17)16-7-9-3-4-20-8-9/h3-6,8H,7,15H2,1-2H3,(H,16,17). The Hall–Kier alpha value is -2.21. The Morgan fingerprint density at radius 3 is 2.60 bits per heavy atom. The van der Waals surface area contributed by atoms with Gasteiger partial charge in [0.2, 0.25) is 0 Å². The number of carbonyl (C=O) groups excluding carboxylic acids is 1. The molecule has 0 spiro atoms. The van der Waals surface area contributed by atoms with Gasteiger partial charge in [-0.15, -0.1) is 0 Å². The average Bonchev–Trinajstić information content (AvgIpc) is 2.97. The fraction of sp³-hybridized carbons (Fsp3) is 0.214. The van der Waals surface area contributed by atoms with E-state index in [2.05, 4.69) is 5.32 Å². The molecule has 0 radical (unpaired) electrons. The van der Waals surface area contributed by atoms with E-state index in [4.69, 9.17) is 15.2 Å². The molecule has 1 aromatic heterocycles. The first-order valence-corrected chi connectivity index (χ1v) is 6.90. The van der Waals surface area contributed by atoms with Crippen LogP contribution < -0.4 is 20.5 Å². The van der Waals surface area contributed by atoms with Gasteiger partial charge in [-0.1, -0.05) is 0 Å². The molecule has 0 unspecified atom stereocenters. The van der Waals surface area contributed by atoms with Crippen LogP contribution in [0.4, 0.5) is 5.69 Å². The van der Waals surface area contributed by atoms with Gasteiger partial charge in [-0.05, 0) is 28.5 Å². The van der Waals surface area contributed by atoms with Crippen LogP contribution in [-0.4, -0.2) is 20.1 Å². The van der Waals surface area contributed by atoms with Gasteiger partial charge in [-0.25, -0.2) is 0 Å². The molecule has 0 bridgehead atoms. The van der Waals surface area contributed by atoms with Crippen LogP contribution >= 0.6 is 11.3 Å². The summed E-state index contributed by atoms with van der Waals surface area (Å²) >= 11 is 1.59. The van der Waals surface area contributed by atoms with Gasteiger partial charge in [0, 0.05) is 18.3 Å². The summed E-state index contributed by atoms with van der Waals surface area (Å²) in [5, 5.41) is 6.77. The van der Waals surface area contributed by atoms with Crippen molar-refractivity contribution in [3.63, 3.8) is 0 Å². The number of hydrogen-bond acceptors (Lipinski definition) is 5. The molecule has 20 heavy (non-hydrogen) atoms. The summed E-state index contributed by atoms with van der Waals surface area (Å²) in [6.45, 7) is 0.468. The van der Waals surface area contributed by atoms with Crippen molar-refractivity contribution in [1.29, 1.82) is 0 Å². The number of thiophene rings is 1. The van der Waals surface area contributed by atoms with E-state index >= 15 is 0 Å². The van der Waals surface area contributed by atoms with Crippen LogP contribution in [-0.2, 0) is 6.54 Å². The van der Waals surface area contributed by atoms with Crippen molar-refractivity contribution in [2.24, 2.45) is 0 Å². The summed E-state index contributed by atoms with van der Waals surface area (Å²) in [7, 11) is 3.04. The fourth-order valence-electron chi connectivity index (χ4n) is 1.76. The van der Waals surface area contributed by atoms with Crippen LogP contribution in [0.3, 0.4) is 0 Å². The molecule has 5 nitrogen and oxygen atoms in total. The van der Waals surface area contributed by atoms with Gasteiger partial charge in [-0.2, -0.15) is 11.3 Å². The number of hydrogen-bond donors (Lipinski definition) is 2. The van der Waals surface area contributed by atoms with Gasteiger partial charge in [0.15, 0.2) is 11.5 Å². The maximum atomic E-state index is 12.1. The molecule has 1 aromatic carbocycles. The van der Waals surface area contributed by atoms with Gasteiger partial charge >= 0.3 is 0 Å². The molecule has 1 heterocycles. The Morgan fingerprint density at radius 2 is 2.00 bits per heavy atom. The fourth-order valence-corrected chi connectivity index (χ4v) is 2.43. The Labute approximate surface area is 121 Å². The highest BCUT2D eigenvalue weighted by atomic mass is 32.1. The van der Waals surface area contributed by atoms with E-state index in [1.165, 1.54) is 14.2 Å². The largest absolute Gasteiger partial charge is 0.493 e. The molecule has 0 fully saturated rings. The number of ether oxygens (including phenoxy) is 2. The molecule has 0 saturated heterocycles. The van der Waals surface area contributed by atoms with Crippen molar-refractivity contribution in [3.05, 3.63) is 40.1 Å². The predicted molar refractivity (Wildman–Crippen MR) is 79.4 cm³/mol. The Balaban J connectivity index is 2.16. The molecule has 1 amide bonds.